The summed E-state index contributed by atoms with van der Waals surface area (Å²) in [6.45, 7) is -0.270. The lowest BCUT2D eigenvalue weighted by molar-refractivity contribution is -0.142. The number of pyridine rings is 1. The number of nitrogens with one attached hydrogen (secondary N) is 1. The minimum absolute atomic E-state index is 0.270. The summed E-state index contributed by atoms with van der Waals surface area (Å²) in [7, 11) is 2.80. The summed E-state index contributed by atoms with van der Waals surface area (Å²) < 4.78 is 15.7. The van der Waals surface area contributed by atoms with E-state index in [-0.39, 0.29) is 12.5 Å². The van der Waals surface area contributed by atoms with E-state index >= 15 is 0 Å². The van der Waals surface area contributed by atoms with Gasteiger partial charge in [-0.1, -0.05) is 35.9 Å². The van der Waals surface area contributed by atoms with Crippen LogP contribution in [0.2, 0.25) is 5.02 Å². The fraction of sp³-hybridized carbons (Fsp3) is 0.115. The summed E-state index contributed by atoms with van der Waals surface area (Å²) in [5.41, 5.74) is 3.05. The molecule has 0 saturated carbocycles. The molecule has 0 aliphatic heterocycles. The third-order valence-electron chi connectivity index (χ3n) is 5.09. The first kappa shape index (κ1) is 23.1. The lowest BCUT2D eigenvalue weighted by atomic mass is 10.1. The maximum atomic E-state index is 12.8. The van der Waals surface area contributed by atoms with Crippen molar-refractivity contribution in [2.24, 2.45) is 0 Å². The van der Waals surface area contributed by atoms with Crippen molar-refractivity contribution in [3.63, 3.8) is 0 Å². The standard InChI is InChI=1S/C26H21ClN2O5/c1-32-23-6-4-3-5-19(23)26(31)28-18-11-12-21-20(13-18)24(34-15-25(30)33-2)14-22(29-21)16-7-9-17(27)10-8-16/h3-14H,15H2,1-2H3,(H,28,31). The number of aromatic nitrogens is 1. The number of hydrogen-bond acceptors (Lipinski definition) is 6. The van der Waals surface area contributed by atoms with Crippen LogP contribution in [0.5, 0.6) is 11.5 Å². The number of esters is 1. The van der Waals surface area contributed by atoms with E-state index < -0.39 is 5.97 Å². The van der Waals surface area contributed by atoms with Crippen molar-refractivity contribution in [2.75, 3.05) is 26.1 Å². The van der Waals surface area contributed by atoms with E-state index in [1.54, 1.807) is 60.7 Å². The molecule has 8 heteroatoms. The molecule has 7 nitrogen and oxygen atoms in total. The fourth-order valence-electron chi connectivity index (χ4n) is 3.39. The lowest BCUT2D eigenvalue weighted by Gasteiger charge is -2.13. The second-order valence-corrected chi connectivity index (χ2v) is 7.70. The van der Waals surface area contributed by atoms with Crippen LogP contribution in [-0.4, -0.2) is 37.7 Å². The molecule has 3 aromatic carbocycles. The van der Waals surface area contributed by atoms with E-state index in [1.807, 2.05) is 12.1 Å². The van der Waals surface area contributed by atoms with Gasteiger partial charge in [0.1, 0.15) is 11.5 Å². The molecule has 0 radical (unpaired) electrons. The Morgan fingerprint density at radius 1 is 0.941 bits per heavy atom. The van der Waals surface area contributed by atoms with Gasteiger partial charge in [-0.3, -0.25) is 4.79 Å². The molecular weight excluding hydrogens is 456 g/mol. The minimum atomic E-state index is -0.515. The maximum Gasteiger partial charge on any atom is 0.343 e. The van der Waals surface area contributed by atoms with Crippen molar-refractivity contribution in [2.45, 2.75) is 0 Å². The number of anilines is 1. The number of rotatable bonds is 7. The number of para-hydroxylation sites is 1. The third kappa shape index (κ3) is 5.10. The highest BCUT2D eigenvalue weighted by molar-refractivity contribution is 6.30. The van der Waals surface area contributed by atoms with Crippen LogP contribution in [0.15, 0.2) is 72.8 Å². The Bertz CT molecular complexity index is 1360. The van der Waals surface area contributed by atoms with Gasteiger partial charge in [-0.05, 0) is 42.5 Å². The molecule has 0 bridgehead atoms. The first-order chi connectivity index (χ1) is 16.5. The van der Waals surface area contributed by atoms with Crippen molar-refractivity contribution in [1.82, 2.24) is 4.98 Å². The Hall–Kier alpha value is -4.10. The Kier molecular flexibility index (Phi) is 6.94. The SMILES string of the molecule is COC(=O)COc1cc(-c2ccc(Cl)cc2)nc2ccc(NC(=O)c3ccccc3OC)cc12. The van der Waals surface area contributed by atoms with Crippen molar-refractivity contribution in [3.05, 3.63) is 83.4 Å². The minimum Gasteiger partial charge on any atom is -0.496 e. The van der Waals surface area contributed by atoms with Gasteiger partial charge in [0.05, 0.1) is 31.0 Å². The van der Waals surface area contributed by atoms with Gasteiger partial charge in [0.25, 0.3) is 5.91 Å². The zero-order valence-electron chi connectivity index (χ0n) is 18.5. The smallest absolute Gasteiger partial charge is 0.343 e. The van der Waals surface area contributed by atoms with Crippen molar-refractivity contribution in [1.29, 1.82) is 0 Å². The summed E-state index contributed by atoms with van der Waals surface area (Å²) in [5.74, 6) is 0.0594. The summed E-state index contributed by atoms with van der Waals surface area (Å²) in [6.07, 6.45) is 0. The molecule has 1 heterocycles. The Balaban J connectivity index is 1.72. The number of ether oxygens (including phenoxy) is 3. The van der Waals surface area contributed by atoms with Crippen LogP contribution in [0, 0.1) is 0 Å². The van der Waals surface area contributed by atoms with Gasteiger partial charge < -0.3 is 19.5 Å². The van der Waals surface area contributed by atoms with Crippen molar-refractivity contribution in [3.8, 4) is 22.8 Å². The molecule has 0 spiro atoms. The molecule has 172 valence electrons. The highest BCUT2D eigenvalue weighted by atomic mass is 35.5. The second kappa shape index (κ2) is 10.2. The molecule has 1 N–H and O–H groups in total. The van der Waals surface area contributed by atoms with Crippen LogP contribution in [0.4, 0.5) is 5.69 Å². The molecular formula is C26H21ClN2O5. The van der Waals surface area contributed by atoms with Gasteiger partial charge in [-0.25, -0.2) is 9.78 Å². The van der Waals surface area contributed by atoms with Gasteiger partial charge in [-0.2, -0.15) is 0 Å². The number of halogens is 1. The van der Waals surface area contributed by atoms with Crippen LogP contribution in [-0.2, 0) is 9.53 Å². The lowest BCUT2D eigenvalue weighted by Crippen LogP contribution is -2.14. The molecule has 4 aromatic rings. The number of amides is 1. The summed E-state index contributed by atoms with van der Waals surface area (Å²) in [6, 6.07) is 21.2. The second-order valence-electron chi connectivity index (χ2n) is 7.26. The molecule has 0 fully saturated rings. The van der Waals surface area contributed by atoms with Crippen molar-refractivity contribution >= 4 is 40.1 Å². The van der Waals surface area contributed by atoms with Crippen LogP contribution in [0.3, 0.4) is 0 Å². The molecule has 0 saturated heterocycles. The predicted octanol–water partition coefficient (Wildman–Crippen LogP) is 5.37. The molecule has 4 rings (SSSR count). The van der Waals surface area contributed by atoms with Crippen LogP contribution in [0.1, 0.15) is 10.4 Å². The summed E-state index contributed by atoms with van der Waals surface area (Å²) in [5, 5.41) is 4.11. The number of carbonyl (C=O) groups is 2. The average molecular weight is 477 g/mol. The highest BCUT2D eigenvalue weighted by Crippen LogP contribution is 2.33. The van der Waals surface area contributed by atoms with Crippen LogP contribution < -0.4 is 14.8 Å². The highest BCUT2D eigenvalue weighted by Gasteiger charge is 2.15. The van der Waals surface area contributed by atoms with E-state index in [0.29, 0.717) is 44.4 Å². The average Bonchev–Trinajstić information content (AvgIpc) is 2.87. The Morgan fingerprint density at radius 2 is 1.71 bits per heavy atom. The zero-order chi connectivity index (χ0) is 24.1. The Labute approximate surface area is 201 Å². The number of methoxy groups -OCH3 is 2. The molecule has 0 atom stereocenters. The largest absolute Gasteiger partial charge is 0.496 e. The van der Waals surface area contributed by atoms with Gasteiger partial charge in [0, 0.05) is 27.7 Å². The molecule has 0 aliphatic carbocycles. The first-order valence-corrected chi connectivity index (χ1v) is 10.7. The maximum absolute atomic E-state index is 12.8. The predicted molar refractivity (Wildman–Crippen MR) is 131 cm³/mol. The number of fused-ring (bicyclic) bond motifs is 1. The molecule has 1 amide bonds. The number of hydrogen-bond donors (Lipinski definition) is 1. The quantitative estimate of drug-likeness (QED) is 0.361. The van der Waals surface area contributed by atoms with Gasteiger partial charge >= 0.3 is 5.97 Å². The Morgan fingerprint density at radius 3 is 2.44 bits per heavy atom. The van der Waals surface area contributed by atoms with Gasteiger partial charge in [0.2, 0.25) is 0 Å². The first-order valence-electron chi connectivity index (χ1n) is 10.3. The molecule has 0 unspecified atom stereocenters. The summed E-state index contributed by atoms with van der Waals surface area (Å²) in [4.78, 5) is 29.2. The van der Waals surface area contributed by atoms with Crippen LogP contribution in [0.25, 0.3) is 22.2 Å². The monoisotopic (exact) mass is 476 g/mol. The third-order valence-corrected chi connectivity index (χ3v) is 5.35. The van der Waals surface area contributed by atoms with Gasteiger partial charge in [0.15, 0.2) is 6.61 Å². The van der Waals surface area contributed by atoms with Crippen LogP contribution >= 0.6 is 11.6 Å². The number of nitrogens with zero attached hydrogens (tertiary/aromatic N) is 1. The van der Waals surface area contributed by atoms with E-state index in [0.717, 1.165) is 5.56 Å². The van der Waals surface area contributed by atoms with E-state index in [4.69, 9.17) is 30.8 Å². The van der Waals surface area contributed by atoms with E-state index in [1.165, 1.54) is 14.2 Å². The van der Waals surface area contributed by atoms with Gasteiger partial charge in [-0.15, -0.1) is 0 Å². The van der Waals surface area contributed by atoms with E-state index in [9.17, 15) is 9.59 Å². The molecule has 1 aromatic heterocycles. The number of carbonyl (C=O) groups excluding carboxylic acids is 2. The molecule has 0 aliphatic rings. The fourth-order valence-corrected chi connectivity index (χ4v) is 3.51. The topological polar surface area (TPSA) is 86.8 Å². The number of benzene rings is 3. The molecule has 34 heavy (non-hydrogen) atoms. The normalized spacial score (nSPS) is 10.6. The zero-order valence-corrected chi connectivity index (χ0v) is 19.3. The van der Waals surface area contributed by atoms with E-state index in [2.05, 4.69) is 5.32 Å². The summed E-state index contributed by atoms with van der Waals surface area (Å²) >= 11 is 6.01. The van der Waals surface area contributed by atoms with Crippen molar-refractivity contribution < 1.29 is 23.8 Å².